The average molecular weight is 342 g/mol. The van der Waals surface area contributed by atoms with Crippen LogP contribution in [0.2, 0.25) is 10.0 Å². The van der Waals surface area contributed by atoms with E-state index >= 15 is 4.39 Å². The molecule has 4 nitrogen and oxygen atoms in total. The first-order chi connectivity index (χ1) is 10.5. The van der Waals surface area contributed by atoms with E-state index in [1.807, 2.05) is 4.90 Å². The van der Waals surface area contributed by atoms with Gasteiger partial charge in [-0.15, -0.1) is 0 Å². The molecule has 1 aliphatic rings. The molecule has 0 spiro atoms. The van der Waals surface area contributed by atoms with E-state index in [0.29, 0.717) is 29.4 Å². The Kier molecular flexibility index (Phi) is 4.10. The van der Waals surface area contributed by atoms with Crippen molar-refractivity contribution in [3.05, 3.63) is 56.4 Å². The van der Waals surface area contributed by atoms with Gasteiger partial charge in [-0.2, -0.15) is 5.10 Å². The minimum absolute atomic E-state index is 0.0825. The van der Waals surface area contributed by atoms with Crippen molar-refractivity contribution < 1.29 is 4.39 Å². The van der Waals surface area contributed by atoms with Crippen LogP contribution in [0.25, 0.3) is 0 Å². The fraction of sp³-hybridized carbons (Fsp3) is 0.333. The van der Waals surface area contributed by atoms with Crippen LogP contribution in [0, 0.1) is 0 Å². The van der Waals surface area contributed by atoms with E-state index in [-0.39, 0.29) is 17.9 Å². The Morgan fingerprint density at radius 3 is 2.59 bits per heavy atom. The minimum atomic E-state index is -1.46. The van der Waals surface area contributed by atoms with Crippen LogP contribution in [-0.4, -0.2) is 23.3 Å². The van der Waals surface area contributed by atoms with Gasteiger partial charge in [0.05, 0.1) is 11.9 Å². The maximum absolute atomic E-state index is 15.2. The lowest BCUT2D eigenvalue weighted by molar-refractivity contribution is 0.125. The van der Waals surface area contributed by atoms with E-state index in [1.165, 1.54) is 6.20 Å². The highest BCUT2D eigenvalue weighted by Gasteiger charge is 2.38. The van der Waals surface area contributed by atoms with Gasteiger partial charge < -0.3 is 4.90 Å². The molecule has 3 rings (SSSR count). The van der Waals surface area contributed by atoms with Crippen LogP contribution in [0.15, 0.2) is 35.3 Å². The number of halogens is 3. The molecule has 7 heteroatoms. The Morgan fingerprint density at radius 2 is 1.91 bits per heavy atom. The summed E-state index contributed by atoms with van der Waals surface area (Å²) in [4.78, 5) is 13.4. The highest BCUT2D eigenvalue weighted by Crippen LogP contribution is 2.41. The molecule has 0 amide bonds. The van der Waals surface area contributed by atoms with Gasteiger partial charge in [-0.3, -0.25) is 4.79 Å². The van der Waals surface area contributed by atoms with E-state index in [2.05, 4.69) is 10.2 Å². The Labute approximate surface area is 136 Å². The summed E-state index contributed by atoms with van der Waals surface area (Å²) in [5, 5.41) is 6.54. The number of alkyl halides is 1. The molecule has 0 bridgehead atoms. The number of aromatic nitrogens is 2. The second-order valence-electron chi connectivity index (χ2n) is 5.33. The quantitative estimate of drug-likeness (QED) is 0.908. The number of H-pyrrole nitrogens is 1. The van der Waals surface area contributed by atoms with Gasteiger partial charge in [0.2, 0.25) is 0 Å². The van der Waals surface area contributed by atoms with Gasteiger partial charge in [0.15, 0.2) is 0 Å². The zero-order valence-corrected chi connectivity index (χ0v) is 13.2. The Bertz CT molecular complexity index is 742. The predicted molar refractivity (Wildman–Crippen MR) is 85.6 cm³/mol. The molecule has 0 unspecified atom stereocenters. The van der Waals surface area contributed by atoms with E-state index in [0.717, 1.165) is 0 Å². The van der Waals surface area contributed by atoms with Crippen molar-refractivity contribution in [2.75, 3.05) is 18.0 Å². The third-order valence-electron chi connectivity index (χ3n) is 4.03. The molecule has 22 heavy (non-hydrogen) atoms. The molecule has 1 N–H and O–H groups in total. The van der Waals surface area contributed by atoms with Crippen molar-refractivity contribution in [2.45, 2.75) is 18.5 Å². The predicted octanol–water partition coefficient (Wildman–Crippen LogP) is 3.54. The Morgan fingerprint density at radius 1 is 1.23 bits per heavy atom. The standard InChI is InChI=1S/C15H14Cl2FN3O/c16-11-4-2-1-3-10(11)15(18)5-7-21(8-6-15)12-9-19-20-14(22)13(12)17/h1-4,9H,5-8H2,(H,20,22). The first-order valence-electron chi connectivity index (χ1n) is 6.93. The van der Waals surface area contributed by atoms with Crippen molar-refractivity contribution in [3.63, 3.8) is 0 Å². The lowest BCUT2D eigenvalue weighted by atomic mass is 9.86. The first-order valence-corrected chi connectivity index (χ1v) is 7.69. The number of aromatic amines is 1. The van der Waals surface area contributed by atoms with Crippen LogP contribution < -0.4 is 10.5 Å². The second kappa shape index (κ2) is 5.89. The molecule has 0 radical (unpaired) electrons. The van der Waals surface area contributed by atoms with Gasteiger partial charge in [-0.1, -0.05) is 41.4 Å². The third kappa shape index (κ3) is 2.71. The molecule has 1 fully saturated rings. The lowest BCUT2D eigenvalue weighted by Gasteiger charge is -2.38. The first kappa shape index (κ1) is 15.3. The summed E-state index contributed by atoms with van der Waals surface area (Å²) in [6, 6.07) is 6.99. The van der Waals surface area contributed by atoms with Gasteiger partial charge in [0, 0.05) is 36.5 Å². The number of hydrogen-bond donors (Lipinski definition) is 1. The number of rotatable bonds is 2. The molecule has 116 valence electrons. The largest absolute Gasteiger partial charge is 0.369 e. The van der Waals surface area contributed by atoms with Crippen LogP contribution in [-0.2, 0) is 5.67 Å². The number of hydrogen-bond acceptors (Lipinski definition) is 3. The summed E-state index contributed by atoms with van der Waals surface area (Å²) < 4.78 is 15.2. The highest BCUT2D eigenvalue weighted by atomic mass is 35.5. The molecular formula is C15H14Cl2FN3O. The van der Waals surface area contributed by atoms with E-state index in [1.54, 1.807) is 24.3 Å². The van der Waals surface area contributed by atoms with Crippen molar-refractivity contribution in [1.29, 1.82) is 0 Å². The minimum Gasteiger partial charge on any atom is -0.369 e. The summed E-state index contributed by atoms with van der Waals surface area (Å²) in [5.41, 5.74) is -0.851. The van der Waals surface area contributed by atoms with Gasteiger partial charge in [0.1, 0.15) is 10.7 Å². The monoisotopic (exact) mass is 341 g/mol. The van der Waals surface area contributed by atoms with E-state index in [4.69, 9.17) is 23.2 Å². The van der Waals surface area contributed by atoms with Crippen molar-refractivity contribution in [3.8, 4) is 0 Å². The maximum atomic E-state index is 15.2. The topological polar surface area (TPSA) is 49.0 Å². The summed E-state index contributed by atoms with van der Waals surface area (Å²) in [7, 11) is 0. The van der Waals surface area contributed by atoms with Crippen molar-refractivity contribution >= 4 is 28.9 Å². The molecule has 1 aromatic carbocycles. The maximum Gasteiger partial charge on any atom is 0.285 e. The summed E-state index contributed by atoms with van der Waals surface area (Å²) in [6.07, 6.45) is 2.05. The van der Waals surface area contributed by atoms with Gasteiger partial charge >= 0.3 is 0 Å². The number of nitrogens with one attached hydrogen (secondary N) is 1. The molecular weight excluding hydrogens is 328 g/mol. The summed E-state index contributed by atoms with van der Waals surface area (Å²) >= 11 is 12.1. The summed E-state index contributed by atoms with van der Waals surface area (Å²) in [5.74, 6) is 0. The molecule has 0 saturated carbocycles. The van der Waals surface area contributed by atoms with Crippen LogP contribution in [0.1, 0.15) is 18.4 Å². The molecule has 1 aromatic heterocycles. The molecule has 0 atom stereocenters. The fourth-order valence-corrected chi connectivity index (χ4v) is 3.31. The normalized spacial score (nSPS) is 17.5. The lowest BCUT2D eigenvalue weighted by Crippen LogP contribution is -2.41. The molecule has 2 heterocycles. The van der Waals surface area contributed by atoms with Gasteiger partial charge in [-0.25, -0.2) is 9.49 Å². The van der Waals surface area contributed by atoms with E-state index in [9.17, 15) is 4.79 Å². The van der Waals surface area contributed by atoms with Gasteiger partial charge in [-0.05, 0) is 6.07 Å². The van der Waals surface area contributed by atoms with Crippen molar-refractivity contribution in [1.82, 2.24) is 10.2 Å². The number of benzene rings is 1. The fourth-order valence-electron chi connectivity index (χ4n) is 2.79. The number of nitrogens with zero attached hydrogens (tertiary/aromatic N) is 2. The molecule has 2 aromatic rings. The third-order valence-corrected chi connectivity index (χ3v) is 4.73. The van der Waals surface area contributed by atoms with Gasteiger partial charge in [0.25, 0.3) is 5.56 Å². The highest BCUT2D eigenvalue weighted by molar-refractivity contribution is 6.33. The molecule has 1 aliphatic heterocycles. The molecule has 1 saturated heterocycles. The Hall–Kier alpha value is -1.59. The van der Waals surface area contributed by atoms with Crippen LogP contribution in [0.3, 0.4) is 0 Å². The Balaban J connectivity index is 1.82. The zero-order valence-electron chi connectivity index (χ0n) is 11.7. The molecule has 0 aliphatic carbocycles. The van der Waals surface area contributed by atoms with Crippen LogP contribution in [0.4, 0.5) is 10.1 Å². The van der Waals surface area contributed by atoms with Crippen LogP contribution >= 0.6 is 23.2 Å². The van der Waals surface area contributed by atoms with Crippen molar-refractivity contribution in [2.24, 2.45) is 0 Å². The number of piperidine rings is 1. The number of anilines is 1. The second-order valence-corrected chi connectivity index (χ2v) is 6.12. The average Bonchev–Trinajstić information content (AvgIpc) is 2.51. The zero-order chi connectivity index (χ0) is 15.7. The summed E-state index contributed by atoms with van der Waals surface area (Å²) in [6.45, 7) is 0.874. The SMILES string of the molecule is O=c1[nH]ncc(N2CCC(F)(c3ccccc3Cl)CC2)c1Cl. The van der Waals surface area contributed by atoms with Crippen LogP contribution in [0.5, 0.6) is 0 Å². The smallest absolute Gasteiger partial charge is 0.285 e. The van der Waals surface area contributed by atoms with E-state index < -0.39 is 11.2 Å².